The van der Waals surface area contributed by atoms with Gasteiger partial charge in [0.1, 0.15) is 11.4 Å². The molecular weight excluding hydrogens is 363 g/mol. The summed E-state index contributed by atoms with van der Waals surface area (Å²) in [6.07, 6.45) is 1.84. The van der Waals surface area contributed by atoms with Crippen molar-refractivity contribution in [3.05, 3.63) is 53.7 Å². The van der Waals surface area contributed by atoms with Gasteiger partial charge in [-0.05, 0) is 30.3 Å². The Hall–Kier alpha value is -3.54. The van der Waals surface area contributed by atoms with Crippen molar-refractivity contribution < 1.29 is 27.5 Å². The number of rotatable bonds is 6. The van der Waals surface area contributed by atoms with Crippen molar-refractivity contribution in [2.75, 3.05) is 18.5 Å². The summed E-state index contributed by atoms with van der Waals surface area (Å²) in [5, 5.41) is 4.97. The van der Waals surface area contributed by atoms with Gasteiger partial charge < -0.3 is 15.4 Å². The van der Waals surface area contributed by atoms with E-state index < -0.39 is 30.2 Å². The maximum Gasteiger partial charge on any atom is 0.416 e. The van der Waals surface area contributed by atoms with Crippen LogP contribution in [0.2, 0.25) is 0 Å². The summed E-state index contributed by atoms with van der Waals surface area (Å²) in [6.45, 7) is -0.565. The largest absolute Gasteiger partial charge is 0.452 e. The Bertz CT molecular complexity index is 876. The third-order valence-electron chi connectivity index (χ3n) is 3.20. The predicted molar refractivity (Wildman–Crippen MR) is 91.1 cm³/mol. The molecule has 0 atom stereocenters. The Morgan fingerprint density at radius 3 is 2.70 bits per heavy atom. The number of carbonyl (C=O) groups excluding carboxylic acids is 2. The van der Waals surface area contributed by atoms with Gasteiger partial charge in [0.2, 0.25) is 0 Å². The zero-order chi connectivity index (χ0) is 19.9. The summed E-state index contributed by atoms with van der Waals surface area (Å²) in [4.78, 5) is 27.5. The minimum absolute atomic E-state index is 0.00831. The molecule has 1 heterocycles. The number of alkyl halides is 3. The number of terminal acetylenes is 1. The van der Waals surface area contributed by atoms with E-state index >= 15 is 0 Å². The summed E-state index contributed by atoms with van der Waals surface area (Å²) >= 11 is 0. The first-order chi connectivity index (χ1) is 12.8. The quantitative estimate of drug-likeness (QED) is 0.598. The highest BCUT2D eigenvalue weighted by molar-refractivity contribution is 5.96. The molecule has 0 aliphatic heterocycles. The number of hydrogen-bond acceptors (Lipinski definition) is 5. The summed E-state index contributed by atoms with van der Waals surface area (Å²) in [7, 11) is 0. The molecule has 9 heteroatoms. The van der Waals surface area contributed by atoms with E-state index in [9.17, 15) is 22.8 Å². The summed E-state index contributed by atoms with van der Waals surface area (Å²) < 4.78 is 43.3. The van der Waals surface area contributed by atoms with Gasteiger partial charge in [0.25, 0.3) is 5.91 Å². The minimum atomic E-state index is -4.50. The normalized spacial score (nSPS) is 10.6. The number of nitrogens with one attached hydrogen (secondary N) is 2. The molecule has 27 heavy (non-hydrogen) atoms. The van der Waals surface area contributed by atoms with Crippen LogP contribution in [0.15, 0.2) is 42.6 Å². The number of hydrogen-bond donors (Lipinski definition) is 2. The SMILES string of the molecule is C#CCNC(=O)COC(=O)c1cccnc1Nc1cccc(C(F)(F)F)c1. The van der Waals surface area contributed by atoms with E-state index in [2.05, 4.69) is 21.5 Å². The maximum absolute atomic E-state index is 12.8. The highest BCUT2D eigenvalue weighted by atomic mass is 19.4. The zero-order valence-electron chi connectivity index (χ0n) is 13.8. The second-order valence-corrected chi connectivity index (χ2v) is 5.16. The van der Waals surface area contributed by atoms with Crippen LogP contribution < -0.4 is 10.6 Å². The minimum Gasteiger partial charge on any atom is -0.452 e. The molecule has 0 saturated carbocycles. The van der Waals surface area contributed by atoms with Crippen molar-refractivity contribution in [2.24, 2.45) is 0 Å². The molecule has 0 aliphatic rings. The number of amides is 1. The third kappa shape index (κ3) is 5.74. The molecule has 6 nitrogen and oxygen atoms in total. The first-order valence-electron chi connectivity index (χ1n) is 7.58. The van der Waals surface area contributed by atoms with Crippen LogP contribution in [0.4, 0.5) is 24.7 Å². The molecule has 140 valence electrons. The Balaban J connectivity index is 2.13. The second kappa shape index (κ2) is 8.71. The number of aromatic nitrogens is 1. The number of esters is 1. The van der Waals surface area contributed by atoms with Gasteiger partial charge in [-0.25, -0.2) is 9.78 Å². The zero-order valence-corrected chi connectivity index (χ0v) is 13.8. The first-order valence-corrected chi connectivity index (χ1v) is 7.58. The van der Waals surface area contributed by atoms with Gasteiger partial charge in [0.15, 0.2) is 6.61 Å². The van der Waals surface area contributed by atoms with E-state index in [-0.39, 0.29) is 23.6 Å². The van der Waals surface area contributed by atoms with Crippen LogP contribution in [0.3, 0.4) is 0 Å². The number of ether oxygens (including phenoxy) is 1. The first kappa shape index (κ1) is 19.8. The fraction of sp³-hybridized carbons (Fsp3) is 0.167. The molecule has 1 amide bonds. The molecule has 1 aromatic heterocycles. The fourth-order valence-corrected chi connectivity index (χ4v) is 1.99. The Morgan fingerprint density at radius 1 is 1.22 bits per heavy atom. The maximum atomic E-state index is 12.8. The molecule has 2 N–H and O–H groups in total. The van der Waals surface area contributed by atoms with Gasteiger partial charge in [-0.2, -0.15) is 13.2 Å². The number of anilines is 2. The molecule has 0 radical (unpaired) electrons. The molecule has 0 unspecified atom stereocenters. The van der Waals surface area contributed by atoms with Crippen LogP contribution in [0.5, 0.6) is 0 Å². The van der Waals surface area contributed by atoms with Gasteiger partial charge in [0, 0.05) is 11.9 Å². The summed E-state index contributed by atoms with van der Waals surface area (Å²) in [5.74, 6) is 0.736. The molecule has 1 aromatic carbocycles. The number of carbonyl (C=O) groups is 2. The van der Waals surface area contributed by atoms with E-state index in [1.54, 1.807) is 0 Å². The molecular formula is C18H14F3N3O3. The smallest absolute Gasteiger partial charge is 0.416 e. The van der Waals surface area contributed by atoms with E-state index in [0.29, 0.717) is 0 Å². The van der Waals surface area contributed by atoms with Gasteiger partial charge in [-0.1, -0.05) is 12.0 Å². The number of benzene rings is 1. The van der Waals surface area contributed by atoms with Gasteiger partial charge in [-0.15, -0.1) is 6.42 Å². The number of halogens is 3. The Kier molecular flexibility index (Phi) is 6.38. The molecule has 2 aromatic rings. The van der Waals surface area contributed by atoms with E-state index in [1.165, 1.54) is 30.5 Å². The molecule has 0 saturated heterocycles. The van der Waals surface area contributed by atoms with E-state index in [0.717, 1.165) is 12.1 Å². The average molecular weight is 377 g/mol. The van der Waals surface area contributed by atoms with Gasteiger partial charge >= 0.3 is 12.1 Å². The lowest BCUT2D eigenvalue weighted by molar-refractivity contribution is -0.137. The molecule has 0 fully saturated rings. The monoisotopic (exact) mass is 377 g/mol. The van der Waals surface area contributed by atoms with Crippen molar-refractivity contribution in [1.82, 2.24) is 10.3 Å². The van der Waals surface area contributed by atoms with Crippen molar-refractivity contribution in [1.29, 1.82) is 0 Å². The lowest BCUT2D eigenvalue weighted by Crippen LogP contribution is -2.29. The molecule has 0 bridgehead atoms. The van der Waals surface area contributed by atoms with Crippen molar-refractivity contribution >= 4 is 23.4 Å². The Labute approximate surface area is 152 Å². The van der Waals surface area contributed by atoms with Crippen LogP contribution >= 0.6 is 0 Å². The van der Waals surface area contributed by atoms with Crippen LogP contribution in [0.1, 0.15) is 15.9 Å². The summed E-state index contributed by atoms with van der Waals surface area (Å²) in [5.41, 5.74) is -0.804. The lowest BCUT2D eigenvalue weighted by atomic mass is 10.2. The topological polar surface area (TPSA) is 80.3 Å². The molecule has 0 spiro atoms. The average Bonchev–Trinajstić information content (AvgIpc) is 2.64. The Morgan fingerprint density at radius 2 is 2.00 bits per heavy atom. The standard InChI is InChI=1S/C18H14F3N3O3/c1-2-8-22-15(25)11-27-17(26)14-7-4-9-23-16(14)24-13-6-3-5-12(10-13)18(19,20)21/h1,3-7,9-10H,8,11H2,(H,22,25)(H,23,24). The highest BCUT2D eigenvalue weighted by Gasteiger charge is 2.30. The highest BCUT2D eigenvalue weighted by Crippen LogP contribution is 2.31. The predicted octanol–water partition coefficient (Wildman–Crippen LogP) is 2.75. The van der Waals surface area contributed by atoms with Crippen molar-refractivity contribution in [2.45, 2.75) is 6.18 Å². The second-order valence-electron chi connectivity index (χ2n) is 5.16. The van der Waals surface area contributed by atoms with Crippen molar-refractivity contribution in [3.8, 4) is 12.3 Å². The fourth-order valence-electron chi connectivity index (χ4n) is 1.99. The van der Waals surface area contributed by atoms with E-state index in [4.69, 9.17) is 11.2 Å². The van der Waals surface area contributed by atoms with Crippen LogP contribution in [-0.2, 0) is 15.7 Å². The van der Waals surface area contributed by atoms with E-state index in [1.807, 2.05) is 0 Å². The van der Waals surface area contributed by atoms with Crippen molar-refractivity contribution in [3.63, 3.8) is 0 Å². The van der Waals surface area contributed by atoms with Crippen LogP contribution in [0, 0.1) is 12.3 Å². The van der Waals surface area contributed by atoms with Gasteiger partial charge in [0.05, 0.1) is 12.1 Å². The van der Waals surface area contributed by atoms with Crippen LogP contribution in [0.25, 0.3) is 0 Å². The number of nitrogens with zero attached hydrogens (tertiary/aromatic N) is 1. The van der Waals surface area contributed by atoms with Gasteiger partial charge in [-0.3, -0.25) is 4.79 Å². The lowest BCUT2D eigenvalue weighted by Gasteiger charge is -2.12. The number of pyridine rings is 1. The molecule has 2 rings (SSSR count). The third-order valence-corrected chi connectivity index (χ3v) is 3.20. The molecule has 0 aliphatic carbocycles. The van der Waals surface area contributed by atoms with Crippen LogP contribution in [-0.4, -0.2) is 30.0 Å². The summed E-state index contributed by atoms with van der Waals surface area (Å²) in [6, 6.07) is 7.25.